The maximum Gasteiger partial charge on any atom is 0.339 e. The summed E-state index contributed by atoms with van der Waals surface area (Å²) in [5.41, 5.74) is 1.14. The van der Waals surface area contributed by atoms with Gasteiger partial charge in [-0.2, -0.15) is 8.42 Å². The fourth-order valence-electron chi connectivity index (χ4n) is 3.52. The predicted octanol–water partition coefficient (Wildman–Crippen LogP) is 4.87. The summed E-state index contributed by atoms with van der Waals surface area (Å²) in [4.78, 5) is 38.9. The second-order valence-electron chi connectivity index (χ2n) is 8.34. The minimum absolute atomic E-state index is 0.0375. The van der Waals surface area contributed by atoms with Gasteiger partial charge in [-0.3, -0.25) is 14.9 Å². The lowest BCUT2D eigenvalue weighted by Gasteiger charge is -2.26. The largest absolute Gasteiger partial charge is 0.494 e. The molecule has 196 valence electrons. The Balaban J connectivity index is 1.57. The molecule has 9 nitrogen and oxygen atoms in total. The topological polar surface area (TPSA) is 119 Å². The Kier molecular flexibility index (Phi) is 7.84. The van der Waals surface area contributed by atoms with Crippen LogP contribution >= 0.6 is 11.6 Å². The van der Waals surface area contributed by atoms with Crippen LogP contribution in [0.15, 0.2) is 77.2 Å². The second-order valence-corrected chi connectivity index (χ2v) is 10.3. The summed E-state index contributed by atoms with van der Waals surface area (Å²) >= 11 is 6.26. The molecule has 1 aliphatic heterocycles. The van der Waals surface area contributed by atoms with Gasteiger partial charge in [-0.1, -0.05) is 42.3 Å². The summed E-state index contributed by atoms with van der Waals surface area (Å²) in [5.74, 6) is -1.26. The molecule has 38 heavy (non-hydrogen) atoms. The van der Waals surface area contributed by atoms with E-state index in [0.717, 1.165) is 16.9 Å². The Hall–Kier alpha value is -4.15. The molecule has 1 fully saturated rings. The fourth-order valence-corrected chi connectivity index (χ4v) is 4.74. The highest BCUT2D eigenvalue weighted by atomic mass is 35.5. The van der Waals surface area contributed by atoms with Gasteiger partial charge >= 0.3 is 16.1 Å². The third-order valence-corrected chi connectivity index (χ3v) is 6.99. The lowest BCUT2D eigenvalue weighted by molar-refractivity contribution is -0.122. The van der Waals surface area contributed by atoms with E-state index in [0.29, 0.717) is 17.9 Å². The van der Waals surface area contributed by atoms with Crippen LogP contribution in [0.3, 0.4) is 0 Å². The number of amides is 4. The maximum absolute atomic E-state index is 13.1. The molecule has 1 N–H and O–H groups in total. The minimum atomic E-state index is -4.13. The average molecular weight is 555 g/mol. The number of urea groups is 1. The number of hydrogen-bond donors (Lipinski definition) is 1. The first-order valence-corrected chi connectivity index (χ1v) is 13.3. The minimum Gasteiger partial charge on any atom is -0.494 e. The van der Waals surface area contributed by atoms with Gasteiger partial charge < -0.3 is 8.92 Å². The van der Waals surface area contributed by atoms with Gasteiger partial charge in [0.1, 0.15) is 16.2 Å². The molecule has 0 aliphatic carbocycles. The van der Waals surface area contributed by atoms with Crippen molar-refractivity contribution in [2.45, 2.75) is 25.2 Å². The standard InChI is InChI=1S/C27H23ClN2O7S/c1-3-14-36-20-9-7-19(8-10-20)30-26(32)22(25(31)29-27(30)33)15-18-6-13-24(23(28)16-18)37-38(34,35)21-11-4-17(2)5-12-21/h4-13,15-16H,3,14H2,1-2H3,(H,29,31,33)/b22-15-. The summed E-state index contributed by atoms with van der Waals surface area (Å²) in [6.07, 6.45) is 2.07. The van der Waals surface area contributed by atoms with E-state index in [1.54, 1.807) is 24.3 Å². The number of nitrogens with one attached hydrogen (secondary N) is 1. The van der Waals surface area contributed by atoms with E-state index in [-0.39, 0.29) is 26.9 Å². The third-order valence-electron chi connectivity index (χ3n) is 5.45. The van der Waals surface area contributed by atoms with Gasteiger partial charge in [-0.15, -0.1) is 0 Å². The van der Waals surface area contributed by atoms with E-state index in [9.17, 15) is 22.8 Å². The molecule has 0 aromatic heterocycles. The highest BCUT2D eigenvalue weighted by Gasteiger charge is 2.36. The van der Waals surface area contributed by atoms with Crippen molar-refractivity contribution < 1.29 is 31.7 Å². The number of nitrogens with zero attached hydrogens (tertiary/aromatic N) is 1. The number of rotatable bonds is 8. The van der Waals surface area contributed by atoms with Gasteiger partial charge in [-0.25, -0.2) is 9.69 Å². The molecule has 0 saturated carbocycles. The summed E-state index contributed by atoms with van der Waals surface area (Å²) in [7, 11) is -4.13. The molecule has 0 radical (unpaired) electrons. The van der Waals surface area contributed by atoms with Crippen LogP contribution in [0.2, 0.25) is 5.02 Å². The SMILES string of the molecule is CCCOc1ccc(N2C(=O)NC(=O)/C(=C/c3ccc(OS(=O)(=O)c4ccc(C)cc4)c(Cl)c3)C2=O)cc1. The molecule has 11 heteroatoms. The number of imide groups is 2. The average Bonchev–Trinajstić information content (AvgIpc) is 2.87. The van der Waals surface area contributed by atoms with Gasteiger partial charge in [-0.05, 0) is 73.5 Å². The van der Waals surface area contributed by atoms with Gasteiger partial charge in [0, 0.05) is 0 Å². The first kappa shape index (κ1) is 26.9. The van der Waals surface area contributed by atoms with E-state index in [1.165, 1.54) is 48.5 Å². The Bertz CT molecular complexity index is 1530. The number of hydrogen-bond acceptors (Lipinski definition) is 7. The molecule has 0 atom stereocenters. The molecule has 0 unspecified atom stereocenters. The summed E-state index contributed by atoms with van der Waals surface area (Å²) in [6, 6.07) is 15.6. The molecule has 0 spiro atoms. The van der Waals surface area contributed by atoms with Crippen LogP contribution < -0.4 is 19.1 Å². The van der Waals surface area contributed by atoms with Crippen molar-refractivity contribution in [1.82, 2.24) is 5.32 Å². The van der Waals surface area contributed by atoms with Crippen LogP contribution in [0.5, 0.6) is 11.5 Å². The monoisotopic (exact) mass is 554 g/mol. The second kappa shape index (κ2) is 11.1. The van der Waals surface area contributed by atoms with E-state index in [2.05, 4.69) is 5.32 Å². The highest BCUT2D eigenvalue weighted by Crippen LogP contribution is 2.30. The van der Waals surface area contributed by atoms with Gasteiger partial charge in [0.2, 0.25) is 0 Å². The number of benzene rings is 3. The van der Waals surface area contributed by atoms with Crippen LogP contribution in [0.4, 0.5) is 10.5 Å². The van der Waals surface area contributed by atoms with E-state index in [1.807, 2.05) is 13.8 Å². The van der Waals surface area contributed by atoms with Crippen LogP contribution in [0, 0.1) is 6.92 Å². The summed E-state index contributed by atoms with van der Waals surface area (Å²) in [6.45, 7) is 4.32. The van der Waals surface area contributed by atoms with Crippen molar-refractivity contribution in [3.63, 3.8) is 0 Å². The van der Waals surface area contributed by atoms with Gasteiger partial charge in [0.15, 0.2) is 5.75 Å². The summed E-state index contributed by atoms with van der Waals surface area (Å²) in [5, 5.41) is 2.09. The van der Waals surface area contributed by atoms with Crippen molar-refractivity contribution in [1.29, 1.82) is 0 Å². The molecule has 4 amide bonds. The van der Waals surface area contributed by atoms with Gasteiger partial charge in [0.25, 0.3) is 11.8 Å². The molecule has 1 aliphatic rings. The van der Waals surface area contributed by atoms with Crippen molar-refractivity contribution in [3.05, 3.63) is 88.5 Å². The Morgan fingerprint density at radius 2 is 1.66 bits per heavy atom. The number of anilines is 1. The molecular formula is C27H23ClN2O7S. The van der Waals surface area contributed by atoms with Crippen LogP contribution in [-0.2, 0) is 19.7 Å². The van der Waals surface area contributed by atoms with Crippen molar-refractivity contribution >= 4 is 51.3 Å². The number of carbonyl (C=O) groups excluding carboxylic acids is 3. The van der Waals surface area contributed by atoms with Crippen LogP contribution in [0.1, 0.15) is 24.5 Å². The molecule has 3 aromatic carbocycles. The number of halogens is 1. The first-order valence-electron chi connectivity index (χ1n) is 11.5. The Morgan fingerprint density at radius 1 is 0.974 bits per heavy atom. The zero-order valence-corrected chi connectivity index (χ0v) is 22.0. The lowest BCUT2D eigenvalue weighted by Crippen LogP contribution is -2.54. The van der Waals surface area contributed by atoms with Crippen molar-refractivity contribution in [2.24, 2.45) is 0 Å². The number of ether oxygens (including phenoxy) is 1. The van der Waals surface area contributed by atoms with Gasteiger partial charge in [0.05, 0.1) is 17.3 Å². The molecule has 1 heterocycles. The normalized spacial score (nSPS) is 15.0. The summed E-state index contributed by atoms with van der Waals surface area (Å²) < 4.78 is 35.9. The molecular weight excluding hydrogens is 532 g/mol. The number of barbiturate groups is 1. The Labute approximate surface area is 224 Å². The molecule has 0 bridgehead atoms. The first-order chi connectivity index (χ1) is 18.1. The van der Waals surface area contributed by atoms with E-state index in [4.69, 9.17) is 20.5 Å². The zero-order chi connectivity index (χ0) is 27.4. The predicted molar refractivity (Wildman–Crippen MR) is 142 cm³/mol. The Morgan fingerprint density at radius 3 is 2.29 bits per heavy atom. The van der Waals surface area contributed by atoms with Crippen molar-refractivity contribution in [2.75, 3.05) is 11.5 Å². The number of aryl methyl sites for hydroxylation is 1. The maximum atomic E-state index is 13.1. The van der Waals surface area contributed by atoms with E-state index >= 15 is 0 Å². The van der Waals surface area contributed by atoms with Crippen LogP contribution in [-0.4, -0.2) is 32.9 Å². The highest BCUT2D eigenvalue weighted by molar-refractivity contribution is 7.87. The fraction of sp³-hybridized carbons (Fsp3) is 0.148. The number of carbonyl (C=O) groups is 3. The molecule has 1 saturated heterocycles. The van der Waals surface area contributed by atoms with Crippen molar-refractivity contribution in [3.8, 4) is 11.5 Å². The lowest BCUT2D eigenvalue weighted by atomic mass is 10.1. The quantitative estimate of drug-likeness (QED) is 0.240. The molecule has 4 rings (SSSR count). The van der Waals surface area contributed by atoms with E-state index < -0.39 is 28.0 Å². The third kappa shape index (κ3) is 5.87. The zero-order valence-electron chi connectivity index (χ0n) is 20.4. The van der Waals surface area contributed by atoms with Crippen LogP contribution in [0.25, 0.3) is 6.08 Å². The molecule has 3 aromatic rings. The smallest absolute Gasteiger partial charge is 0.339 e.